The highest BCUT2D eigenvalue weighted by atomic mass is 16.5. The summed E-state index contributed by atoms with van der Waals surface area (Å²) in [5.41, 5.74) is 1.36. The van der Waals surface area contributed by atoms with E-state index in [0.717, 1.165) is 32.5 Å². The zero-order valence-electron chi connectivity index (χ0n) is 13.9. The summed E-state index contributed by atoms with van der Waals surface area (Å²) in [6.07, 6.45) is 2.05. The molecule has 126 valence electrons. The van der Waals surface area contributed by atoms with Gasteiger partial charge in [-0.3, -0.25) is 4.90 Å². The number of morpholine rings is 1. The molecule has 5 nitrogen and oxygen atoms in total. The maximum Gasteiger partial charge on any atom is 0.318 e. The smallest absolute Gasteiger partial charge is 0.318 e. The van der Waals surface area contributed by atoms with E-state index >= 15 is 0 Å². The number of carbonyl (C=O) groups excluding carboxylic acids is 1. The maximum atomic E-state index is 12.4. The van der Waals surface area contributed by atoms with Crippen LogP contribution >= 0.6 is 0 Å². The predicted octanol–water partition coefficient (Wildman–Crippen LogP) is 2.08. The summed E-state index contributed by atoms with van der Waals surface area (Å²) in [4.78, 5) is 16.8. The summed E-state index contributed by atoms with van der Waals surface area (Å²) >= 11 is 0. The monoisotopic (exact) mass is 317 g/mol. The van der Waals surface area contributed by atoms with Gasteiger partial charge >= 0.3 is 6.03 Å². The van der Waals surface area contributed by atoms with Crippen LogP contribution in [0.4, 0.5) is 4.79 Å². The number of piperidine rings is 1. The zero-order chi connectivity index (χ0) is 16.1. The van der Waals surface area contributed by atoms with E-state index in [4.69, 9.17) is 4.74 Å². The van der Waals surface area contributed by atoms with Crippen molar-refractivity contribution >= 4 is 6.03 Å². The molecule has 3 rings (SSSR count). The van der Waals surface area contributed by atoms with Gasteiger partial charge in [-0.2, -0.15) is 0 Å². The number of ether oxygens (including phenoxy) is 1. The number of urea groups is 1. The summed E-state index contributed by atoms with van der Waals surface area (Å²) in [6, 6.07) is 11.1. The Labute approximate surface area is 138 Å². The van der Waals surface area contributed by atoms with Crippen molar-refractivity contribution in [1.82, 2.24) is 15.1 Å². The average molecular weight is 317 g/mol. The van der Waals surface area contributed by atoms with Gasteiger partial charge in [0.1, 0.15) is 0 Å². The van der Waals surface area contributed by atoms with Crippen LogP contribution in [0.25, 0.3) is 0 Å². The fourth-order valence-corrected chi connectivity index (χ4v) is 3.36. The van der Waals surface area contributed by atoms with Crippen molar-refractivity contribution < 1.29 is 9.53 Å². The summed E-state index contributed by atoms with van der Waals surface area (Å²) in [5, 5.41) is 3.21. The Bertz CT molecular complexity index is 500. The maximum absolute atomic E-state index is 12.4. The van der Waals surface area contributed by atoms with Crippen molar-refractivity contribution in [2.24, 2.45) is 0 Å². The lowest BCUT2D eigenvalue weighted by Crippen LogP contribution is -2.54. The molecule has 0 radical (unpaired) electrons. The molecule has 2 aliphatic rings. The number of hydrogen-bond donors (Lipinski definition) is 1. The standard InChI is InChI=1S/C18H27N3O2/c1-15-14-23-12-11-21(15)18(22)19-17-7-9-20(10-8-17)13-16-5-3-2-4-6-16/h2-6,15,17H,7-14H2,1H3,(H,19,22)/t15-/m0/s1. The molecule has 2 fully saturated rings. The second-order valence-corrected chi connectivity index (χ2v) is 6.60. The molecule has 2 amide bonds. The van der Waals surface area contributed by atoms with Crippen molar-refractivity contribution in [3.8, 4) is 0 Å². The largest absolute Gasteiger partial charge is 0.377 e. The lowest BCUT2D eigenvalue weighted by molar-refractivity contribution is 0.0178. The quantitative estimate of drug-likeness (QED) is 0.928. The molecule has 0 unspecified atom stereocenters. The average Bonchev–Trinajstić information content (AvgIpc) is 2.58. The molecule has 1 aromatic rings. The van der Waals surface area contributed by atoms with Gasteiger partial charge in [0.2, 0.25) is 0 Å². The molecule has 0 aromatic heterocycles. The number of rotatable bonds is 3. The molecule has 1 aromatic carbocycles. The summed E-state index contributed by atoms with van der Waals surface area (Å²) in [7, 11) is 0. The normalized spacial score (nSPS) is 23.7. The second-order valence-electron chi connectivity index (χ2n) is 6.60. The molecule has 2 heterocycles. The van der Waals surface area contributed by atoms with Crippen LogP contribution in [-0.4, -0.2) is 60.8 Å². The van der Waals surface area contributed by atoms with Crippen LogP contribution in [0, 0.1) is 0 Å². The highest BCUT2D eigenvalue weighted by molar-refractivity contribution is 5.75. The van der Waals surface area contributed by atoms with Gasteiger partial charge in [0.05, 0.1) is 19.3 Å². The van der Waals surface area contributed by atoms with Crippen LogP contribution in [0.5, 0.6) is 0 Å². The van der Waals surface area contributed by atoms with Gasteiger partial charge in [-0.25, -0.2) is 4.79 Å². The molecule has 2 saturated heterocycles. The lowest BCUT2D eigenvalue weighted by Gasteiger charge is -2.37. The van der Waals surface area contributed by atoms with E-state index in [9.17, 15) is 4.79 Å². The van der Waals surface area contributed by atoms with Crippen molar-refractivity contribution in [2.45, 2.75) is 38.4 Å². The molecule has 1 atom stereocenters. The van der Waals surface area contributed by atoms with E-state index in [-0.39, 0.29) is 12.1 Å². The number of carbonyl (C=O) groups is 1. The van der Waals surface area contributed by atoms with Crippen molar-refractivity contribution in [3.63, 3.8) is 0 Å². The number of hydrogen-bond acceptors (Lipinski definition) is 3. The highest BCUT2D eigenvalue weighted by Gasteiger charge is 2.27. The highest BCUT2D eigenvalue weighted by Crippen LogP contribution is 2.15. The fraction of sp³-hybridized carbons (Fsp3) is 0.611. The molecular formula is C18H27N3O2. The van der Waals surface area contributed by atoms with E-state index < -0.39 is 0 Å². The van der Waals surface area contributed by atoms with Gasteiger partial charge in [-0.15, -0.1) is 0 Å². The van der Waals surface area contributed by atoms with Crippen LogP contribution in [0.2, 0.25) is 0 Å². The first-order valence-corrected chi connectivity index (χ1v) is 8.63. The minimum Gasteiger partial charge on any atom is -0.377 e. The number of nitrogens with zero attached hydrogens (tertiary/aromatic N) is 2. The Morgan fingerprint density at radius 2 is 1.96 bits per heavy atom. The summed E-state index contributed by atoms with van der Waals surface area (Å²) in [6.45, 7) is 7.11. The summed E-state index contributed by atoms with van der Waals surface area (Å²) in [5.74, 6) is 0. The molecule has 1 N–H and O–H groups in total. The van der Waals surface area contributed by atoms with Gasteiger partial charge in [-0.05, 0) is 25.3 Å². The molecule has 0 bridgehead atoms. The Hall–Kier alpha value is -1.59. The van der Waals surface area contributed by atoms with Gasteiger partial charge in [-0.1, -0.05) is 30.3 Å². The van der Waals surface area contributed by atoms with Crippen LogP contribution in [0.15, 0.2) is 30.3 Å². The van der Waals surface area contributed by atoms with E-state index in [1.54, 1.807) is 0 Å². The molecule has 5 heteroatoms. The van der Waals surface area contributed by atoms with Crippen LogP contribution in [0.3, 0.4) is 0 Å². The predicted molar refractivity (Wildman–Crippen MR) is 90.3 cm³/mol. The van der Waals surface area contributed by atoms with E-state index in [0.29, 0.717) is 25.8 Å². The Morgan fingerprint density at radius 3 is 2.65 bits per heavy atom. The number of nitrogens with one attached hydrogen (secondary N) is 1. The third-order valence-electron chi connectivity index (χ3n) is 4.79. The zero-order valence-corrected chi connectivity index (χ0v) is 13.9. The third kappa shape index (κ3) is 4.45. The number of likely N-dealkylation sites (tertiary alicyclic amines) is 1. The van der Waals surface area contributed by atoms with E-state index in [1.807, 2.05) is 11.8 Å². The Balaban J connectivity index is 1.43. The van der Waals surface area contributed by atoms with Crippen molar-refractivity contribution in [3.05, 3.63) is 35.9 Å². The van der Waals surface area contributed by atoms with Crippen molar-refractivity contribution in [2.75, 3.05) is 32.8 Å². The number of amides is 2. The molecular weight excluding hydrogens is 290 g/mol. The van der Waals surface area contributed by atoms with Crippen LogP contribution in [0.1, 0.15) is 25.3 Å². The first-order chi connectivity index (χ1) is 11.2. The number of benzene rings is 1. The molecule has 0 saturated carbocycles. The molecule has 0 spiro atoms. The molecule has 23 heavy (non-hydrogen) atoms. The van der Waals surface area contributed by atoms with E-state index in [1.165, 1.54) is 5.56 Å². The van der Waals surface area contributed by atoms with Crippen LogP contribution < -0.4 is 5.32 Å². The van der Waals surface area contributed by atoms with E-state index in [2.05, 4.69) is 40.5 Å². The SMILES string of the molecule is C[C@H]1COCCN1C(=O)NC1CCN(Cc2ccccc2)CC1. The van der Waals surface area contributed by atoms with Gasteiger partial charge in [0, 0.05) is 32.2 Å². The summed E-state index contributed by atoms with van der Waals surface area (Å²) < 4.78 is 5.39. The lowest BCUT2D eigenvalue weighted by atomic mass is 10.0. The Kier molecular flexibility index (Phi) is 5.51. The Morgan fingerprint density at radius 1 is 1.22 bits per heavy atom. The van der Waals surface area contributed by atoms with Crippen LogP contribution in [-0.2, 0) is 11.3 Å². The minimum atomic E-state index is 0.0716. The van der Waals surface area contributed by atoms with Crippen molar-refractivity contribution in [1.29, 1.82) is 0 Å². The van der Waals surface area contributed by atoms with Gasteiger partial charge in [0.15, 0.2) is 0 Å². The minimum absolute atomic E-state index is 0.0716. The first kappa shape index (κ1) is 16.3. The fourth-order valence-electron chi connectivity index (χ4n) is 3.36. The second kappa shape index (κ2) is 7.79. The first-order valence-electron chi connectivity index (χ1n) is 8.63. The molecule has 2 aliphatic heterocycles. The molecule has 0 aliphatic carbocycles. The third-order valence-corrected chi connectivity index (χ3v) is 4.79. The van der Waals surface area contributed by atoms with Gasteiger partial charge in [0.25, 0.3) is 0 Å². The topological polar surface area (TPSA) is 44.8 Å². The van der Waals surface area contributed by atoms with Gasteiger partial charge < -0.3 is 15.0 Å².